The third-order valence-electron chi connectivity index (χ3n) is 2.01. The van der Waals surface area contributed by atoms with E-state index in [4.69, 9.17) is 5.73 Å². The molecule has 2 nitrogen and oxygen atoms in total. The normalized spacial score (nSPS) is 22.6. The molecule has 1 rings (SSSR count). The van der Waals surface area contributed by atoms with Crippen LogP contribution in [0.5, 0.6) is 0 Å². The maximum Gasteiger partial charge on any atom is 0.244 e. The Bertz CT molecular complexity index is 116. The molecular weight excluding hydrogens is 102 g/mol. The molecule has 0 aromatic carbocycles. The third kappa shape index (κ3) is 0.602. The Hall–Kier alpha value is -0.530. The molecule has 45 valence electrons. The summed E-state index contributed by atoms with van der Waals surface area (Å²) in [5.41, 5.74) is 6.62. The quantitative estimate of drug-likeness (QED) is 0.525. The average molecular weight is 112 g/mol. The molecule has 0 bridgehead atoms. The fourth-order valence-corrected chi connectivity index (χ4v) is 0.892. The van der Waals surface area contributed by atoms with E-state index in [0.717, 1.165) is 19.3 Å². The molecular formula is C6H10NO. The zero-order valence-electron chi connectivity index (χ0n) is 5.03. The minimum Gasteiger partial charge on any atom is -0.273 e. The van der Waals surface area contributed by atoms with Crippen LogP contribution in [0.2, 0.25) is 0 Å². The Balaban J connectivity index is 2.53. The lowest BCUT2D eigenvalue weighted by Gasteiger charge is -2.02. The maximum atomic E-state index is 10.4. The Labute approximate surface area is 49.1 Å². The fraction of sp³-hybridized carbons (Fsp3) is 0.833. The summed E-state index contributed by atoms with van der Waals surface area (Å²) in [6.45, 7) is 1.97. The van der Waals surface area contributed by atoms with E-state index in [2.05, 4.69) is 0 Å². The van der Waals surface area contributed by atoms with Crippen molar-refractivity contribution in [3.63, 3.8) is 0 Å². The molecule has 2 heteroatoms. The van der Waals surface area contributed by atoms with Crippen LogP contribution in [-0.4, -0.2) is 5.91 Å². The molecule has 0 saturated heterocycles. The van der Waals surface area contributed by atoms with Crippen LogP contribution in [0.15, 0.2) is 0 Å². The van der Waals surface area contributed by atoms with Gasteiger partial charge < -0.3 is 0 Å². The molecule has 1 aliphatic rings. The number of carbonyl (C=O) groups excluding carboxylic acids is 1. The number of amides is 1. The number of hydrogen-bond donors (Lipinski definition) is 0. The van der Waals surface area contributed by atoms with E-state index < -0.39 is 0 Å². The first-order valence-electron chi connectivity index (χ1n) is 2.97. The second kappa shape index (κ2) is 1.47. The number of rotatable bonds is 2. The van der Waals surface area contributed by atoms with Crippen molar-refractivity contribution in [1.82, 2.24) is 5.73 Å². The van der Waals surface area contributed by atoms with Crippen LogP contribution >= 0.6 is 0 Å². The van der Waals surface area contributed by atoms with Crippen LogP contribution in [0.4, 0.5) is 0 Å². The van der Waals surface area contributed by atoms with E-state index in [1.165, 1.54) is 0 Å². The standard InChI is InChI=1S/C6H10NO/c1-2-6(3-4-6)5(7)8/h7H,2-4H2,1H3. The van der Waals surface area contributed by atoms with E-state index in [0.29, 0.717) is 0 Å². The first-order valence-corrected chi connectivity index (χ1v) is 2.97. The molecule has 0 atom stereocenters. The van der Waals surface area contributed by atoms with Gasteiger partial charge in [-0.3, -0.25) is 10.5 Å². The van der Waals surface area contributed by atoms with Gasteiger partial charge in [0.15, 0.2) is 0 Å². The number of hydrogen-bond acceptors (Lipinski definition) is 1. The van der Waals surface area contributed by atoms with Gasteiger partial charge in [-0.1, -0.05) is 6.92 Å². The molecule has 0 aromatic heterocycles. The summed E-state index contributed by atoms with van der Waals surface area (Å²) in [4.78, 5) is 10.4. The molecule has 0 spiro atoms. The summed E-state index contributed by atoms with van der Waals surface area (Å²) >= 11 is 0. The lowest BCUT2D eigenvalue weighted by molar-refractivity contribution is -0.123. The topological polar surface area (TPSA) is 40.9 Å². The van der Waals surface area contributed by atoms with Gasteiger partial charge in [0, 0.05) is 0 Å². The van der Waals surface area contributed by atoms with Gasteiger partial charge in [0.1, 0.15) is 0 Å². The van der Waals surface area contributed by atoms with Gasteiger partial charge >= 0.3 is 0 Å². The second-order valence-corrected chi connectivity index (χ2v) is 2.46. The first kappa shape index (κ1) is 5.60. The molecule has 8 heavy (non-hydrogen) atoms. The zero-order valence-corrected chi connectivity index (χ0v) is 5.03. The van der Waals surface area contributed by atoms with Gasteiger partial charge in [-0.15, -0.1) is 0 Å². The molecule has 1 fully saturated rings. The molecule has 0 unspecified atom stereocenters. The van der Waals surface area contributed by atoms with Crippen molar-refractivity contribution in [2.45, 2.75) is 26.2 Å². The van der Waals surface area contributed by atoms with E-state index in [-0.39, 0.29) is 11.3 Å². The van der Waals surface area contributed by atoms with Crippen LogP contribution in [0.3, 0.4) is 0 Å². The van der Waals surface area contributed by atoms with Crippen LogP contribution in [0, 0.1) is 5.41 Å². The molecule has 1 radical (unpaired) electrons. The van der Waals surface area contributed by atoms with Crippen LogP contribution < -0.4 is 5.73 Å². The van der Waals surface area contributed by atoms with Crippen LogP contribution in [0.25, 0.3) is 0 Å². The van der Waals surface area contributed by atoms with Crippen molar-refractivity contribution < 1.29 is 4.79 Å². The smallest absolute Gasteiger partial charge is 0.244 e. The fourth-order valence-electron chi connectivity index (χ4n) is 0.892. The van der Waals surface area contributed by atoms with Crippen LogP contribution in [-0.2, 0) is 4.79 Å². The van der Waals surface area contributed by atoms with Crippen molar-refractivity contribution in [1.29, 1.82) is 0 Å². The molecule has 0 heterocycles. The minimum absolute atomic E-state index is 0.181. The van der Waals surface area contributed by atoms with Crippen molar-refractivity contribution in [2.75, 3.05) is 0 Å². The highest BCUT2D eigenvalue weighted by molar-refractivity contribution is 5.82. The summed E-state index contributed by atoms with van der Waals surface area (Å²) in [6.07, 6.45) is 2.76. The molecule has 0 aliphatic heterocycles. The van der Waals surface area contributed by atoms with Gasteiger partial charge in [-0.2, -0.15) is 0 Å². The van der Waals surface area contributed by atoms with Gasteiger partial charge in [0.25, 0.3) is 0 Å². The van der Waals surface area contributed by atoms with E-state index in [1.807, 2.05) is 6.92 Å². The summed E-state index contributed by atoms with van der Waals surface area (Å²) in [7, 11) is 0. The maximum absolute atomic E-state index is 10.4. The summed E-state index contributed by atoms with van der Waals surface area (Å²) in [5.74, 6) is -0.361. The monoisotopic (exact) mass is 112 g/mol. The Kier molecular flexibility index (Phi) is 1.03. The molecule has 1 N–H and O–H groups in total. The largest absolute Gasteiger partial charge is 0.273 e. The van der Waals surface area contributed by atoms with Gasteiger partial charge in [0.2, 0.25) is 5.91 Å². The SMILES string of the molecule is CCC1(C([NH])=O)CC1. The highest BCUT2D eigenvalue weighted by Gasteiger charge is 2.46. The Morgan fingerprint density at radius 1 is 1.75 bits per heavy atom. The Morgan fingerprint density at radius 2 is 2.25 bits per heavy atom. The predicted octanol–water partition coefficient (Wildman–Crippen LogP) is 0.986. The molecule has 1 saturated carbocycles. The summed E-state index contributed by atoms with van der Waals surface area (Å²) in [6, 6.07) is 0. The number of nitrogens with one attached hydrogen (secondary N) is 1. The second-order valence-electron chi connectivity index (χ2n) is 2.46. The molecule has 0 aromatic rings. The van der Waals surface area contributed by atoms with Gasteiger partial charge in [-0.05, 0) is 19.3 Å². The minimum atomic E-state index is -0.361. The lowest BCUT2D eigenvalue weighted by Crippen LogP contribution is -2.14. The van der Waals surface area contributed by atoms with Crippen molar-refractivity contribution in [3.8, 4) is 0 Å². The first-order chi connectivity index (χ1) is 3.71. The van der Waals surface area contributed by atoms with E-state index in [9.17, 15) is 4.79 Å². The predicted molar refractivity (Wildman–Crippen MR) is 30.1 cm³/mol. The summed E-state index contributed by atoms with van der Waals surface area (Å²) in [5, 5.41) is 0. The van der Waals surface area contributed by atoms with E-state index in [1.54, 1.807) is 0 Å². The van der Waals surface area contributed by atoms with Gasteiger partial charge in [0.05, 0.1) is 5.41 Å². The third-order valence-corrected chi connectivity index (χ3v) is 2.01. The highest BCUT2D eigenvalue weighted by Crippen LogP contribution is 2.48. The average Bonchev–Trinajstić information content (AvgIpc) is 2.44. The Morgan fingerprint density at radius 3 is 2.25 bits per heavy atom. The molecule has 1 amide bonds. The summed E-state index contributed by atoms with van der Waals surface area (Å²) < 4.78 is 0. The van der Waals surface area contributed by atoms with Gasteiger partial charge in [-0.25, -0.2) is 0 Å². The lowest BCUT2D eigenvalue weighted by atomic mass is 10.0. The van der Waals surface area contributed by atoms with Crippen molar-refractivity contribution in [3.05, 3.63) is 0 Å². The number of carbonyl (C=O) groups is 1. The van der Waals surface area contributed by atoms with Crippen molar-refractivity contribution >= 4 is 5.91 Å². The van der Waals surface area contributed by atoms with Crippen LogP contribution in [0.1, 0.15) is 26.2 Å². The highest BCUT2D eigenvalue weighted by atomic mass is 16.1. The molecule has 1 aliphatic carbocycles. The van der Waals surface area contributed by atoms with E-state index >= 15 is 0 Å². The zero-order chi connectivity index (χ0) is 6.20. The van der Waals surface area contributed by atoms with Crippen molar-refractivity contribution in [2.24, 2.45) is 5.41 Å².